The van der Waals surface area contributed by atoms with E-state index in [1.165, 1.54) is 0 Å². The molecule has 0 bridgehead atoms. The summed E-state index contributed by atoms with van der Waals surface area (Å²) in [6.45, 7) is 8.67. The predicted molar refractivity (Wildman–Crippen MR) is 68.4 cm³/mol. The Morgan fingerprint density at radius 3 is 2.50 bits per heavy atom. The van der Waals surface area contributed by atoms with Crippen LogP contribution in [0.2, 0.25) is 0 Å². The fraction of sp³-hybridized carbons (Fsp3) is 0.500. The van der Waals surface area contributed by atoms with Crippen LogP contribution in [0, 0.1) is 24.2 Å². The van der Waals surface area contributed by atoms with Gasteiger partial charge in [-0.2, -0.15) is 5.26 Å². The van der Waals surface area contributed by atoms with Crippen LogP contribution in [0.25, 0.3) is 0 Å². The largest absolute Gasteiger partial charge is 0.382 e. The van der Waals surface area contributed by atoms with Crippen LogP contribution in [-0.2, 0) is 0 Å². The minimum atomic E-state index is 0.492. The molecule has 1 N–H and O–H groups in total. The van der Waals surface area contributed by atoms with Crippen LogP contribution in [0.1, 0.15) is 38.3 Å². The Morgan fingerprint density at radius 1 is 1.38 bits per heavy atom. The zero-order chi connectivity index (χ0) is 12.1. The van der Waals surface area contributed by atoms with Crippen LogP contribution in [-0.4, -0.2) is 6.04 Å². The molecule has 0 aromatic heterocycles. The number of benzene rings is 1. The van der Waals surface area contributed by atoms with Crippen molar-refractivity contribution in [1.82, 2.24) is 0 Å². The number of nitriles is 1. The minimum absolute atomic E-state index is 0.492. The molecule has 86 valence electrons. The van der Waals surface area contributed by atoms with Gasteiger partial charge in [0.1, 0.15) is 0 Å². The van der Waals surface area contributed by atoms with E-state index in [2.05, 4.69) is 32.2 Å². The fourth-order valence-electron chi connectivity index (χ4n) is 1.84. The summed E-state index contributed by atoms with van der Waals surface area (Å²) in [7, 11) is 0. The second-order valence-electron chi connectivity index (χ2n) is 4.54. The zero-order valence-electron chi connectivity index (χ0n) is 10.5. The third-order valence-corrected chi connectivity index (χ3v) is 2.94. The maximum Gasteiger partial charge on any atom is 0.0991 e. The Hall–Kier alpha value is -1.49. The molecule has 0 radical (unpaired) electrons. The highest BCUT2D eigenvalue weighted by molar-refractivity contribution is 5.54. The summed E-state index contributed by atoms with van der Waals surface area (Å²) in [5.74, 6) is 0.611. The molecule has 0 spiro atoms. The average Bonchev–Trinajstić information content (AvgIpc) is 2.26. The van der Waals surface area contributed by atoms with Crippen molar-refractivity contribution in [2.45, 2.75) is 40.2 Å². The summed E-state index contributed by atoms with van der Waals surface area (Å²) in [5, 5.41) is 12.3. The van der Waals surface area contributed by atoms with Crippen molar-refractivity contribution in [2.75, 3.05) is 5.32 Å². The second-order valence-corrected chi connectivity index (χ2v) is 4.54. The van der Waals surface area contributed by atoms with Gasteiger partial charge in [0.05, 0.1) is 11.6 Å². The molecule has 2 heteroatoms. The van der Waals surface area contributed by atoms with E-state index >= 15 is 0 Å². The number of anilines is 1. The van der Waals surface area contributed by atoms with Gasteiger partial charge in [0.2, 0.25) is 0 Å². The molecule has 0 fully saturated rings. The summed E-state index contributed by atoms with van der Waals surface area (Å²) in [6.07, 6.45) is 1.11. The Labute approximate surface area is 98.3 Å². The highest BCUT2D eigenvalue weighted by Gasteiger charge is 2.11. The fourth-order valence-corrected chi connectivity index (χ4v) is 1.84. The Morgan fingerprint density at radius 2 is 2.06 bits per heavy atom. The third kappa shape index (κ3) is 3.00. The molecule has 0 aliphatic heterocycles. The maximum absolute atomic E-state index is 8.80. The van der Waals surface area contributed by atoms with Gasteiger partial charge in [-0.1, -0.05) is 20.8 Å². The molecule has 0 heterocycles. The number of nitrogens with zero attached hydrogens (tertiary/aromatic N) is 1. The summed E-state index contributed by atoms with van der Waals surface area (Å²) >= 11 is 0. The molecule has 16 heavy (non-hydrogen) atoms. The quantitative estimate of drug-likeness (QED) is 0.832. The highest BCUT2D eigenvalue weighted by atomic mass is 14.9. The number of aryl methyl sites for hydroxylation is 1. The lowest BCUT2D eigenvalue weighted by Crippen LogP contribution is -2.24. The molecule has 0 aliphatic rings. The van der Waals surface area contributed by atoms with E-state index in [9.17, 15) is 0 Å². The van der Waals surface area contributed by atoms with Crippen LogP contribution < -0.4 is 5.32 Å². The molecular formula is C14H20N2. The second kappa shape index (κ2) is 5.55. The summed E-state index contributed by atoms with van der Waals surface area (Å²) in [5.41, 5.74) is 3.00. The molecule has 1 unspecified atom stereocenters. The van der Waals surface area contributed by atoms with Gasteiger partial charge in [-0.15, -0.1) is 0 Å². The van der Waals surface area contributed by atoms with E-state index in [-0.39, 0.29) is 0 Å². The first kappa shape index (κ1) is 12.6. The Bertz CT molecular complexity index is 388. The van der Waals surface area contributed by atoms with E-state index in [1.807, 2.05) is 25.1 Å². The normalized spacial score (nSPS) is 12.2. The third-order valence-electron chi connectivity index (χ3n) is 2.94. The minimum Gasteiger partial charge on any atom is -0.382 e. The van der Waals surface area contributed by atoms with Crippen molar-refractivity contribution in [3.8, 4) is 6.07 Å². The van der Waals surface area contributed by atoms with E-state index in [4.69, 9.17) is 5.26 Å². The monoisotopic (exact) mass is 216 g/mol. The van der Waals surface area contributed by atoms with Gasteiger partial charge in [0, 0.05) is 11.7 Å². The average molecular weight is 216 g/mol. The first-order valence-corrected chi connectivity index (χ1v) is 5.85. The summed E-state index contributed by atoms with van der Waals surface area (Å²) < 4.78 is 0. The van der Waals surface area contributed by atoms with Crippen molar-refractivity contribution < 1.29 is 0 Å². The maximum atomic E-state index is 8.80. The number of hydrogen-bond acceptors (Lipinski definition) is 2. The van der Waals surface area contributed by atoms with Gasteiger partial charge >= 0.3 is 0 Å². The standard InChI is InChI=1S/C14H20N2/c1-5-13(10(2)3)16-14-7-6-12(9-15)8-11(14)4/h6-8,10,13,16H,5H2,1-4H3. The molecular weight excluding hydrogens is 196 g/mol. The number of nitrogens with one attached hydrogen (secondary N) is 1. The van der Waals surface area contributed by atoms with Crippen molar-refractivity contribution in [3.05, 3.63) is 29.3 Å². The lowest BCUT2D eigenvalue weighted by atomic mass is 10.0. The molecule has 1 atom stereocenters. The van der Waals surface area contributed by atoms with Gasteiger partial charge in [-0.3, -0.25) is 0 Å². The van der Waals surface area contributed by atoms with E-state index in [0.717, 1.165) is 23.2 Å². The van der Waals surface area contributed by atoms with Crippen molar-refractivity contribution in [2.24, 2.45) is 5.92 Å². The van der Waals surface area contributed by atoms with E-state index < -0.39 is 0 Å². The van der Waals surface area contributed by atoms with Crippen LogP contribution >= 0.6 is 0 Å². The highest BCUT2D eigenvalue weighted by Crippen LogP contribution is 2.20. The molecule has 0 saturated carbocycles. The molecule has 1 aromatic rings. The van der Waals surface area contributed by atoms with Crippen LogP contribution in [0.5, 0.6) is 0 Å². The molecule has 0 aliphatic carbocycles. The predicted octanol–water partition coefficient (Wildman–Crippen LogP) is 3.71. The Balaban J connectivity index is 2.86. The molecule has 1 aromatic carbocycles. The molecule has 0 amide bonds. The van der Waals surface area contributed by atoms with E-state index in [0.29, 0.717) is 12.0 Å². The summed E-state index contributed by atoms with van der Waals surface area (Å²) in [6, 6.07) is 8.44. The topological polar surface area (TPSA) is 35.8 Å². The van der Waals surface area contributed by atoms with Gasteiger partial charge in [0.15, 0.2) is 0 Å². The van der Waals surface area contributed by atoms with E-state index in [1.54, 1.807) is 0 Å². The first-order valence-electron chi connectivity index (χ1n) is 5.85. The first-order chi connectivity index (χ1) is 7.58. The van der Waals surface area contributed by atoms with Crippen LogP contribution in [0.4, 0.5) is 5.69 Å². The van der Waals surface area contributed by atoms with Gasteiger partial charge < -0.3 is 5.32 Å². The summed E-state index contributed by atoms with van der Waals surface area (Å²) in [4.78, 5) is 0. The smallest absolute Gasteiger partial charge is 0.0991 e. The van der Waals surface area contributed by atoms with Gasteiger partial charge in [0.25, 0.3) is 0 Å². The van der Waals surface area contributed by atoms with Gasteiger partial charge in [-0.25, -0.2) is 0 Å². The number of rotatable bonds is 4. The van der Waals surface area contributed by atoms with Gasteiger partial charge in [-0.05, 0) is 43.0 Å². The molecule has 0 saturated heterocycles. The van der Waals surface area contributed by atoms with Crippen molar-refractivity contribution in [3.63, 3.8) is 0 Å². The lowest BCUT2D eigenvalue weighted by molar-refractivity contribution is 0.511. The van der Waals surface area contributed by atoms with Crippen LogP contribution in [0.3, 0.4) is 0 Å². The van der Waals surface area contributed by atoms with Crippen molar-refractivity contribution in [1.29, 1.82) is 5.26 Å². The molecule has 2 nitrogen and oxygen atoms in total. The number of hydrogen-bond donors (Lipinski definition) is 1. The lowest BCUT2D eigenvalue weighted by Gasteiger charge is -2.23. The van der Waals surface area contributed by atoms with Crippen molar-refractivity contribution >= 4 is 5.69 Å². The van der Waals surface area contributed by atoms with Crippen LogP contribution in [0.15, 0.2) is 18.2 Å². The molecule has 1 rings (SSSR count). The SMILES string of the molecule is CCC(Nc1ccc(C#N)cc1C)C(C)C. The Kier molecular flexibility index (Phi) is 4.37. The zero-order valence-corrected chi connectivity index (χ0v) is 10.5.